The van der Waals surface area contributed by atoms with Crippen molar-refractivity contribution in [3.8, 4) is 0 Å². The molecule has 0 aromatic heterocycles. The third-order valence-corrected chi connectivity index (χ3v) is 6.23. The van der Waals surface area contributed by atoms with Crippen LogP contribution >= 0.6 is 0 Å². The van der Waals surface area contributed by atoms with E-state index >= 15 is 0 Å². The molecule has 0 bridgehead atoms. The number of carbonyl (C=O) groups is 1. The molecule has 2 nitrogen and oxygen atoms in total. The molecule has 0 saturated carbocycles. The van der Waals surface area contributed by atoms with Crippen LogP contribution in [0, 0.1) is 0 Å². The van der Waals surface area contributed by atoms with Crippen molar-refractivity contribution in [2.75, 3.05) is 5.75 Å². The van der Waals surface area contributed by atoms with E-state index in [0.717, 1.165) is 25.0 Å². The van der Waals surface area contributed by atoms with E-state index in [1.807, 2.05) is 6.92 Å². The highest BCUT2D eigenvalue weighted by Crippen LogP contribution is 2.12. The molecule has 0 aromatic rings. The summed E-state index contributed by atoms with van der Waals surface area (Å²) in [4.78, 5) is 11.7. The third kappa shape index (κ3) is 15.1. The van der Waals surface area contributed by atoms with Crippen LogP contribution in [0.2, 0.25) is 0 Å². The molecule has 3 heteroatoms. The van der Waals surface area contributed by atoms with Gasteiger partial charge in [0.1, 0.15) is 5.78 Å². The van der Waals surface area contributed by atoms with E-state index in [1.165, 1.54) is 57.8 Å². The fourth-order valence-electron chi connectivity index (χ4n) is 2.82. The van der Waals surface area contributed by atoms with Gasteiger partial charge in [-0.25, -0.2) is 0 Å². The Hall–Kier alpha value is -0.180. The van der Waals surface area contributed by atoms with Gasteiger partial charge in [0, 0.05) is 34.6 Å². The van der Waals surface area contributed by atoms with E-state index in [9.17, 15) is 9.00 Å². The SMILES string of the molecule is CCCCCCCCCCCCS(=O)C(C)CC(=O)CCCC. The Morgan fingerprint density at radius 2 is 1.26 bits per heavy atom. The summed E-state index contributed by atoms with van der Waals surface area (Å²) in [7, 11) is -0.824. The molecule has 0 radical (unpaired) electrons. The highest BCUT2D eigenvalue weighted by atomic mass is 32.2. The quantitative estimate of drug-likeness (QED) is 0.295. The van der Waals surface area contributed by atoms with Gasteiger partial charge in [0.2, 0.25) is 0 Å². The zero-order valence-corrected chi connectivity index (χ0v) is 16.7. The molecule has 0 aliphatic heterocycles. The topological polar surface area (TPSA) is 34.1 Å². The lowest BCUT2D eigenvalue weighted by Crippen LogP contribution is -2.18. The lowest BCUT2D eigenvalue weighted by atomic mass is 10.1. The Morgan fingerprint density at radius 1 is 0.783 bits per heavy atom. The van der Waals surface area contributed by atoms with Crippen LogP contribution in [0.4, 0.5) is 0 Å². The number of hydrogen-bond donors (Lipinski definition) is 0. The summed E-state index contributed by atoms with van der Waals surface area (Å²) in [5.74, 6) is 1.06. The molecule has 0 aromatic carbocycles. The summed E-state index contributed by atoms with van der Waals surface area (Å²) >= 11 is 0. The van der Waals surface area contributed by atoms with Gasteiger partial charge in [-0.3, -0.25) is 9.00 Å². The predicted octanol–water partition coefficient (Wildman–Crippen LogP) is 6.19. The summed E-state index contributed by atoms with van der Waals surface area (Å²) in [6.45, 7) is 6.32. The van der Waals surface area contributed by atoms with Gasteiger partial charge in [0.05, 0.1) is 0 Å². The van der Waals surface area contributed by atoms with Crippen molar-refractivity contribution < 1.29 is 9.00 Å². The molecule has 0 N–H and O–H groups in total. The minimum Gasteiger partial charge on any atom is -0.300 e. The molecule has 0 aliphatic carbocycles. The van der Waals surface area contributed by atoms with Crippen LogP contribution in [0.3, 0.4) is 0 Å². The lowest BCUT2D eigenvalue weighted by molar-refractivity contribution is -0.119. The number of carbonyl (C=O) groups excluding carboxylic acids is 1. The highest BCUT2D eigenvalue weighted by Gasteiger charge is 2.14. The van der Waals surface area contributed by atoms with Gasteiger partial charge in [-0.05, 0) is 12.8 Å². The summed E-state index contributed by atoms with van der Waals surface area (Å²) in [5, 5.41) is 0.0397. The van der Waals surface area contributed by atoms with Crippen molar-refractivity contribution in [2.24, 2.45) is 0 Å². The van der Waals surface area contributed by atoms with Crippen molar-refractivity contribution in [2.45, 2.75) is 116 Å². The van der Waals surface area contributed by atoms with E-state index in [0.29, 0.717) is 12.8 Å². The molecular formula is C20H40O2S. The minimum absolute atomic E-state index is 0.0397. The van der Waals surface area contributed by atoms with E-state index in [-0.39, 0.29) is 11.0 Å². The Kier molecular flexibility index (Phi) is 16.5. The Bertz CT molecular complexity index is 302. The molecule has 0 spiro atoms. The van der Waals surface area contributed by atoms with Crippen molar-refractivity contribution in [1.82, 2.24) is 0 Å². The van der Waals surface area contributed by atoms with Crippen molar-refractivity contribution in [3.63, 3.8) is 0 Å². The van der Waals surface area contributed by atoms with Gasteiger partial charge >= 0.3 is 0 Å². The van der Waals surface area contributed by atoms with Gasteiger partial charge in [0.15, 0.2) is 0 Å². The van der Waals surface area contributed by atoms with Crippen LogP contribution in [0.25, 0.3) is 0 Å². The molecule has 0 heterocycles. The van der Waals surface area contributed by atoms with Gasteiger partial charge in [0.25, 0.3) is 0 Å². The van der Waals surface area contributed by atoms with Gasteiger partial charge in [-0.1, -0.05) is 85.0 Å². The Morgan fingerprint density at radius 3 is 1.78 bits per heavy atom. The molecular weight excluding hydrogens is 304 g/mol. The fraction of sp³-hybridized carbons (Fsp3) is 0.950. The zero-order chi connectivity index (χ0) is 17.3. The second-order valence-corrected chi connectivity index (χ2v) is 8.90. The van der Waals surface area contributed by atoms with Crippen LogP contribution in [-0.4, -0.2) is 21.0 Å². The van der Waals surface area contributed by atoms with E-state index in [1.54, 1.807) is 0 Å². The first kappa shape index (κ1) is 22.8. The smallest absolute Gasteiger partial charge is 0.134 e. The molecule has 0 saturated heterocycles. The molecule has 23 heavy (non-hydrogen) atoms. The first-order valence-electron chi connectivity index (χ1n) is 10.0. The van der Waals surface area contributed by atoms with E-state index in [4.69, 9.17) is 0 Å². The standard InChI is InChI=1S/C20H40O2S/c1-4-6-8-9-10-11-12-13-14-15-17-23(22)19(3)18-20(21)16-7-5-2/h19H,4-18H2,1-3H3. The number of unbranched alkanes of at least 4 members (excludes halogenated alkanes) is 10. The number of ketones is 1. The van der Waals surface area contributed by atoms with Crippen LogP contribution in [0.15, 0.2) is 0 Å². The van der Waals surface area contributed by atoms with Crippen LogP contribution in [0.1, 0.15) is 111 Å². The molecule has 2 unspecified atom stereocenters. The molecule has 2 atom stereocenters. The Labute approximate surface area is 147 Å². The average Bonchev–Trinajstić information content (AvgIpc) is 2.54. The molecule has 138 valence electrons. The van der Waals surface area contributed by atoms with Gasteiger partial charge in [-0.15, -0.1) is 0 Å². The average molecular weight is 345 g/mol. The molecule has 0 fully saturated rings. The minimum atomic E-state index is -0.824. The second kappa shape index (κ2) is 16.7. The van der Waals surface area contributed by atoms with E-state index in [2.05, 4.69) is 13.8 Å². The number of rotatable bonds is 17. The fourth-order valence-corrected chi connectivity index (χ4v) is 4.09. The maximum atomic E-state index is 12.1. The van der Waals surface area contributed by atoms with Crippen molar-refractivity contribution in [3.05, 3.63) is 0 Å². The normalized spacial score (nSPS) is 13.9. The van der Waals surface area contributed by atoms with E-state index < -0.39 is 10.8 Å². The predicted molar refractivity (Wildman–Crippen MR) is 103 cm³/mol. The second-order valence-electron chi connectivity index (χ2n) is 6.92. The summed E-state index contributed by atoms with van der Waals surface area (Å²) in [5.41, 5.74) is 0. The number of hydrogen-bond acceptors (Lipinski definition) is 2. The molecule has 0 amide bonds. The monoisotopic (exact) mass is 344 g/mol. The Balaban J connectivity index is 3.46. The zero-order valence-electron chi connectivity index (χ0n) is 15.9. The van der Waals surface area contributed by atoms with Crippen LogP contribution in [-0.2, 0) is 15.6 Å². The van der Waals surface area contributed by atoms with Crippen molar-refractivity contribution in [1.29, 1.82) is 0 Å². The van der Waals surface area contributed by atoms with Crippen LogP contribution < -0.4 is 0 Å². The number of Topliss-reactive ketones (excluding diaryl/α,β-unsaturated/α-hetero) is 1. The maximum Gasteiger partial charge on any atom is 0.134 e. The largest absolute Gasteiger partial charge is 0.300 e. The summed E-state index contributed by atoms with van der Waals surface area (Å²) in [6, 6.07) is 0. The molecule has 0 rings (SSSR count). The lowest BCUT2D eigenvalue weighted by Gasteiger charge is -2.10. The maximum absolute atomic E-state index is 12.1. The summed E-state index contributed by atoms with van der Waals surface area (Å²) < 4.78 is 12.1. The summed E-state index contributed by atoms with van der Waals surface area (Å²) in [6.07, 6.45) is 16.2. The van der Waals surface area contributed by atoms with Gasteiger partial charge in [-0.2, -0.15) is 0 Å². The highest BCUT2D eigenvalue weighted by molar-refractivity contribution is 7.85. The third-order valence-electron chi connectivity index (χ3n) is 4.47. The first-order valence-corrected chi connectivity index (χ1v) is 11.4. The first-order chi connectivity index (χ1) is 11.1. The molecule has 0 aliphatic rings. The van der Waals surface area contributed by atoms with Gasteiger partial charge < -0.3 is 0 Å². The van der Waals surface area contributed by atoms with Crippen LogP contribution in [0.5, 0.6) is 0 Å². The van der Waals surface area contributed by atoms with Crippen molar-refractivity contribution >= 4 is 16.6 Å².